The van der Waals surface area contributed by atoms with Crippen LogP contribution in [-0.4, -0.2) is 58.7 Å². The lowest BCUT2D eigenvalue weighted by atomic mass is 10.1. The van der Waals surface area contributed by atoms with Crippen LogP contribution in [-0.2, 0) is 18.6 Å². The van der Waals surface area contributed by atoms with E-state index >= 15 is 0 Å². The monoisotopic (exact) mass is 462 g/mol. The van der Waals surface area contributed by atoms with Crippen molar-refractivity contribution in [3.05, 3.63) is 22.2 Å². The van der Waals surface area contributed by atoms with Crippen molar-refractivity contribution >= 4 is 19.5 Å². The first-order valence-electron chi connectivity index (χ1n) is 10.6. The average Bonchev–Trinajstić information content (AvgIpc) is 3.30. The maximum absolute atomic E-state index is 12.3. The number of nitrogens with one attached hydrogen (secondary N) is 1. The second-order valence-electron chi connectivity index (χ2n) is 10.3. The minimum Gasteiger partial charge on any atom is -0.504 e. The van der Waals surface area contributed by atoms with Crippen LogP contribution in [0, 0.1) is 11.3 Å². The van der Waals surface area contributed by atoms with Crippen LogP contribution in [0.1, 0.15) is 46.4 Å². The maximum atomic E-state index is 12.3. The molecule has 32 heavy (non-hydrogen) atoms. The van der Waals surface area contributed by atoms with Gasteiger partial charge in [0.15, 0.2) is 31.6 Å². The highest BCUT2D eigenvalue weighted by Crippen LogP contribution is 2.45. The lowest BCUT2D eigenvalue weighted by molar-refractivity contribution is -0.199. The van der Waals surface area contributed by atoms with Crippen molar-refractivity contribution in [3.63, 3.8) is 0 Å². The van der Waals surface area contributed by atoms with E-state index in [0.29, 0.717) is 6.61 Å². The summed E-state index contributed by atoms with van der Waals surface area (Å²) in [5.41, 5.74) is -0.722. The number of nitrogens with zero attached hydrogens (tertiary/aromatic N) is 3. The molecule has 0 unspecified atom stereocenters. The summed E-state index contributed by atoms with van der Waals surface area (Å²) in [6, 6.07) is 1.70. The number of nitriles is 1. The Morgan fingerprint density at radius 1 is 1.34 bits per heavy atom. The highest BCUT2D eigenvalue weighted by molar-refractivity contribution is 6.74. The zero-order valence-electron chi connectivity index (χ0n) is 19.4. The van der Waals surface area contributed by atoms with Gasteiger partial charge in [0.25, 0.3) is 5.56 Å². The summed E-state index contributed by atoms with van der Waals surface area (Å²) in [6.45, 7) is 14.9. The van der Waals surface area contributed by atoms with Gasteiger partial charge in [-0.1, -0.05) is 20.8 Å². The minimum absolute atomic E-state index is 0.0483. The number of imidazole rings is 1. The Balaban J connectivity index is 1.68. The van der Waals surface area contributed by atoms with Crippen molar-refractivity contribution < 1.29 is 23.7 Å². The van der Waals surface area contributed by atoms with Crippen LogP contribution in [0.3, 0.4) is 0 Å². The minimum atomic E-state index is -2.02. The van der Waals surface area contributed by atoms with E-state index in [2.05, 4.69) is 43.8 Å². The summed E-state index contributed by atoms with van der Waals surface area (Å²) in [5.74, 6) is -1.27. The van der Waals surface area contributed by atoms with Gasteiger partial charge in [0, 0.05) is 0 Å². The number of hydrogen-bond donors (Lipinski definition) is 2. The van der Waals surface area contributed by atoms with Crippen LogP contribution in [0.15, 0.2) is 11.1 Å². The predicted molar refractivity (Wildman–Crippen MR) is 118 cm³/mol. The van der Waals surface area contributed by atoms with Crippen molar-refractivity contribution in [2.24, 2.45) is 0 Å². The van der Waals surface area contributed by atoms with Gasteiger partial charge in [-0.05, 0) is 32.0 Å². The molecule has 4 rings (SSSR count). The van der Waals surface area contributed by atoms with E-state index in [0.717, 1.165) is 0 Å². The fourth-order valence-corrected chi connectivity index (χ4v) is 4.89. The van der Waals surface area contributed by atoms with E-state index in [9.17, 15) is 9.90 Å². The fraction of sp³-hybridized carbons (Fsp3) is 0.667. The van der Waals surface area contributed by atoms with E-state index in [1.165, 1.54) is 6.33 Å². The number of aromatic hydroxyl groups is 1. The van der Waals surface area contributed by atoms with Crippen LogP contribution in [0.4, 0.5) is 0 Å². The molecule has 0 radical (unpaired) electrons. The molecule has 174 valence electrons. The Bertz CT molecular complexity index is 1140. The van der Waals surface area contributed by atoms with E-state index in [-0.39, 0.29) is 27.9 Å². The first-order chi connectivity index (χ1) is 14.8. The molecule has 11 heteroatoms. The summed E-state index contributed by atoms with van der Waals surface area (Å²) < 4.78 is 26.6. The Morgan fingerprint density at radius 3 is 2.62 bits per heavy atom. The highest BCUT2D eigenvalue weighted by Gasteiger charge is 2.56. The molecule has 0 amide bonds. The third-order valence-electron chi connectivity index (χ3n) is 6.64. The summed E-state index contributed by atoms with van der Waals surface area (Å²) in [6.07, 6.45) is -0.456. The maximum Gasteiger partial charge on any atom is 0.271 e. The zero-order valence-corrected chi connectivity index (χ0v) is 20.4. The van der Waals surface area contributed by atoms with Crippen LogP contribution >= 0.6 is 0 Å². The van der Waals surface area contributed by atoms with E-state index in [1.807, 2.05) is 13.8 Å². The van der Waals surface area contributed by atoms with Gasteiger partial charge in [-0.2, -0.15) is 5.26 Å². The lowest BCUT2D eigenvalue weighted by Crippen LogP contribution is -2.44. The zero-order chi connectivity index (χ0) is 23.6. The normalized spacial score (nSPS) is 27.6. The summed E-state index contributed by atoms with van der Waals surface area (Å²) in [4.78, 5) is 19.1. The van der Waals surface area contributed by atoms with Crippen molar-refractivity contribution in [2.75, 3.05) is 6.61 Å². The molecule has 2 N–H and O–H groups in total. The van der Waals surface area contributed by atoms with Crippen molar-refractivity contribution in [2.45, 2.75) is 83.1 Å². The van der Waals surface area contributed by atoms with Gasteiger partial charge in [0.2, 0.25) is 0 Å². The molecule has 2 aliphatic rings. The predicted octanol–water partition coefficient (Wildman–Crippen LogP) is 2.74. The third kappa shape index (κ3) is 3.66. The molecule has 0 spiro atoms. The number of rotatable bonds is 4. The third-order valence-corrected chi connectivity index (χ3v) is 11.1. The molecule has 0 aliphatic carbocycles. The lowest BCUT2D eigenvalue weighted by Gasteiger charge is -2.37. The molecule has 0 saturated carbocycles. The van der Waals surface area contributed by atoms with E-state index in [1.54, 1.807) is 10.6 Å². The van der Waals surface area contributed by atoms with Crippen LogP contribution in [0.2, 0.25) is 18.1 Å². The second-order valence-corrected chi connectivity index (χ2v) is 15.1. The number of fused-ring (bicyclic) bond motifs is 2. The SMILES string of the molecule is CC1(C)O[C@@H]2[C@H](O1)[C@@H](CO[Si](C)(C)C(C)(C)C)O[C@H]2n1cnc2c(O)c(C#N)c(=O)[nH]c21. The summed E-state index contributed by atoms with van der Waals surface area (Å²) in [5, 5.41) is 19.5. The molecule has 0 aromatic carbocycles. The van der Waals surface area contributed by atoms with Gasteiger partial charge in [-0.25, -0.2) is 4.98 Å². The number of hydrogen-bond acceptors (Lipinski definition) is 8. The van der Waals surface area contributed by atoms with E-state index in [4.69, 9.17) is 23.9 Å². The van der Waals surface area contributed by atoms with Gasteiger partial charge in [0.05, 0.1) is 12.9 Å². The smallest absolute Gasteiger partial charge is 0.271 e. The standard InChI is InChI=1S/C21H30N4O6Si/c1-20(2,3)32(6,7)28-9-12-15-16(31-21(4,5)30-15)19(29-12)25-10-23-13-14(26)11(8-22)18(27)24-17(13)25/h10,12,15-16,19H,9H2,1-7H3,(H2,24,26,27)/t12-,15-,16-,19-/m1/s1. The Hall–Kier alpha value is -2.23. The summed E-state index contributed by atoms with van der Waals surface area (Å²) in [7, 11) is -2.02. The Morgan fingerprint density at radius 2 is 2.00 bits per heavy atom. The Kier molecular flexibility index (Phi) is 5.30. The van der Waals surface area contributed by atoms with Crippen molar-refractivity contribution in [1.29, 1.82) is 5.26 Å². The van der Waals surface area contributed by atoms with Crippen LogP contribution in [0.5, 0.6) is 5.75 Å². The average molecular weight is 463 g/mol. The quantitative estimate of drug-likeness (QED) is 0.663. The number of pyridine rings is 1. The highest BCUT2D eigenvalue weighted by atomic mass is 28.4. The number of aromatic nitrogens is 3. The molecular formula is C21H30N4O6Si. The molecular weight excluding hydrogens is 432 g/mol. The van der Waals surface area contributed by atoms with Crippen molar-refractivity contribution in [1.82, 2.24) is 14.5 Å². The van der Waals surface area contributed by atoms with E-state index < -0.39 is 43.8 Å². The second kappa shape index (κ2) is 7.39. The topological polar surface area (TPSA) is 132 Å². The van der Waals surface area contributed by atoms with Gasteiger partial charge in [0.1, 0.15) is 35.5 Å². The van der Waals surface area contributed by atoms with Gasteiger partial charge < -0.3 is 28.7 Å². The molecule has 4 atom stereocenters. The summed E-state index contributed by atoms with van der Waals surface area (Å²) >= 11 is 0. The number of H-pyrrole nitrogens is 1. The molecule has 0 bridgehead atoms. The first kappa shape index (κ1) is 22.9. The molecule has 2 fully saturated rings. The fourth-order valence-electron chi connectivity index (χ4n) is 3.87. The number of aromatic amines is 1. The first-order valence-corrected chi connectivity index (χ1v) is 13.5. The molecule has 2 aromatic heterocycles. The van der Waals surface area contributed by atoms with Gasteiger partial charge in [-0.3, -0.25) is 9.36 Å². The van der Waals surface area contributed by atoms with Gasteiger partial charge in [-0.15, -0.1) is 0 Å². The number of ether oxygens (including phenoxy) is 3. The molecule has 4 heterocycles. The largest absolute Gasteiger partial charge is 0.504 e. The molecule has 10 nitrogen and oxygen atoms in total. The molecule has 2 aliphatic heterocycles. The van der Waals surface area contributed by atoms with Crippen molar-refractivity contribution in [3.8, 4) is 11.8 Å². The van der Waals surface area contributed by atoms with Gasteiger partial charge >= 0.3 is 0 Å². The van der Waals surface area contributed by atoms with Crippen LogP contribution in [0.25, 0.3) is 11.2 Å². The molecule has 2 aromatic rings. The Labute approximate surface area is 187 Å². The van der Waals surface area contributed by atoms with Crippen LogP contribution < -0.4 is 5.56 Å². The molecule has 2 saturated heterocycles.